The molecule has 3 rings (SSSR count). The molecule has 1 aliphatic rings. The third-order valence-electron chi connectivity index (χ3n) is 6.63. The Hall–Kier alpha value is -1.56. The molecular formula is C27H42N2O2S. The van der Waals surface area contributed by atoms with Gasteiger partial charge in [0.25, 0.3) is 0 Å². The molecule has 4 nitrogen and oxygen atoms in total. The van der Waals surface area contributed by atoms with Gasteiger partial charge in [-0.2, -0.15) is 0 Å². The van der Waals surface area contributed by atoms with Gasteiger partial charge in [0.05, 0.1) is 14.2 Å². The van der Waals surface area contributed by atoms with Crippen molar-refractivity contribution in [3.63, 3.8) is 0 Å². The van der Waals surface area contributed by atoms with Gasteiger partial charge >= 0.3 is 0 Å². The lowest BCUT2D eigenvalue weighted by molar-refractivity contribution is 0.175. The zero-order valence-corrected chi connectivity index (χ0v) is 21.1. The third kappa shape index (κ3) is 7.23. The number of methoxy groups -OCH3 is 2. The van der Waals surface area contributed by atoms with E-state index in [0.29, 0.717) is 6.04 Å². The van der Waals surface area contributed by atoms with Crippen LogP contribution >= 0.6 is 11.3 Å². The monoisotopic (exact) mass is 458 g/mol. The fourth-order valence-electron chi connectivity index (χ4n) is 4.95. The van der Waals surface area contributed by atoms with E-state index < -0.39 is 0 Å². The third-order valence-corrected chi connectivity index (χ3v) is 7.57. The van der Waals surface area contributed by atoms with Crippen LogP contribution in [0.2, 0.25) is 0 Å². The Balaban J connectivity index is 1.36. The molecule has 0 spiro atoms. The topological polar surface area (TPSA) is 33.7 Å². The quantitative estimate of drug-likeness (QED) is 0.346. The summed E-state index contributed by atoms with van der Waals surface area (Å²) in [5, 5.41) is 5.76. The second-order valence-electron chi connectivity index (χ2n) is 8.86. The van der Waals surface area contributed by atoms with E-state index in [0.717, 1.165) is 43.9 Å². The summed E-state index contributed by atoms with van der Waals surface area (Å²) in [5.41, 5.74) is 2.79. The highest BCUT2D eigenvalue weighted by Gasteiger charge is 2.26. The molecule has 1 aromatic carbocycles. The SMILES string of the molecule is CCCN(CCCCCCNCCc1cccs1)C1CCc2c(ccc(OC)c2OC)C1. The number of hydrogen-bond donors (Lipinski definition) is 1. The zero-order chi connectivity index (χ0) is 22.6. The Labute approximate surface area is 199 Å². The van der Waals surface area contributed by atoms with Crippen molar-refractivity contribution in [1.29, 1.82) is 0 Å². The molecule has 0 radical (unpaired) electrons. The minimum atomic E-state index is 0.652. The van der Waals surface area contributed by atoms with E-state index >= 15 is 0 Å². The molecule has 1 heterocycles. The minimum Gasteiger partial charge on any atom is -0.493 e. The number of nitrogens with one attached hydrogen (secondary N) is 1. The van der Waals surface area contributed by atoms with Crippen molar-refractivity contribution in [2.75, 3.05) is 40.4 Å². The molecule has 178 valence electrons. The van der Waals surface area contributed by atoms with Crippen LogP contribution in [0, 0.1) is 0 Å². The summed E-state index contributed by atoms with van der Waals surface area (Å²) in [7, 11) is 3.48. The van der Waals surface area contributed by atoms with Crippen molar-refractivity contribution < 1.29 is 9.47 Å². The maximum Gasteiger partial charge on any atom is 0.164 e. The Morgan fingerprint density at radius 2 is 1.91 bits per heavy atom. The summed E-state index contributed by atoms with van der Waals surface area (Å²) in [4.78, 5) is 4.23. The van der Waals surface area contributed by atoms with Gasteiger partial charge in [-0.3, -0.25) is 0 Å². The van der Waals surface area contributed by atoms with Crippen molar-refractivity contribution >= 4 is 11.3 Å². The molecule has 0 saturated heterocycles. The van der Waals surface area contributed by atoms with Crippen molar-refractivity contribution in [1.82, 2.24) is 10.2 Å². The van der Waals surface area contributed by atoms with Gasteiger partial charge < -0.3 is 19.7 Å². The summed E-state index contributed by atoms with van der Waals surface area (Å²) in [6.07, 6.45) is 11.1. The van der Waals surface area contributed by atoms with Crippen LogP contribution in [0.3, 0.4) is 0 Å². The fraction of sp³-hybridized carbons (Fsp3) is 0.630. The maximum atomic E-state index is 5.68. The number of benzene rings is 1. The van der Waals surface area contributed by atoms with Crippen LogP contribution in [0.1, 0.15) is 61.5 Å². The molecule has 5 heteroatoms. The lowest BCUT2D eigenvalue weighted by Crippen LogP contribution is -2.40. The van der Waals surface area contributed by atoms with E-state index in [1.807, 2.05) is 11.3 Å². The highest BCUT2D eigenvalue weighted by Crippen LogP contribution is 2.38. The van der Waals surface area contributed by atoms with Crippen LogP contribution in [-0.2, 0) is 19.3 Å². The van der Waals surface area contributed by atoms with Crippen LogP contribution in [0.5, 0.6) is 11.5 Å². The highest BCUT2D eigenvalue weighted by atomic mass is 32.1. The first kappa shape index (κ1) is 25.1. The second-order valence-corrected chi connectivity index (χ2v) is 9.90. The van der Waals surface area contributed by atoms with E-state index in [-0.39, 0.29) is 0 Å². The number of rotatable bonds is 15. The van der Waals surface area contributed by atoms with Gasteiger partial charge in [-0.1, -0.05) is 31.9 Å². The second kappa shape index (κ2) is 13.9. The van der Waals surface area contributed by atoms with Gasteiger partial charge in [0, 0.05) is 16.5 Å². The molecule has 0 fully saturated rings. The summed E-state index contributed by atoms with van der Waals surface area (Å²) >= 11 is 1.86. The molecule has 2 aromatic rings. The molecule has 0 amide bonds. The molecule has 0 bridgehead atoms. The van der Waals surface area contributed by atoms with Crippen LogP contribution < -0.4 is 14.8 Å². The molecule has 1 N–H and O–H groups in total. The average molecular weight is 459 g/mol. The van der Waals surface area contributed by atoms with Crippen molar-refractivity contribution in [2.45, 2.75) is 70.8 Å². The average Bonchev–Trinajstić information content (AvgIpc) is 3.34. The van der Waals surface area contributed by atoms with Gasteiger partial charge in [-0.05, 0) is 94.2 Å². The normalized spacial score (nSPS) is 15.7. The first-order chi connectivity index (χ1) is 15.8. The standard InChI is InChI=1S/C27H42N2O2S/c1-4-18-29(19-8-6-5-7-16-28-17-15-24-10-9-20-32-24)23-12-13-25-22(21-23)11-14-26(30-2)27(25)31-3/h9-11,14,20,23,28H,4-8,12-13,15-19,21H2,1-3H3. The molecule has 0 saturated carbocycles. The molecule has 1 aliphatic carbocycles. The van der Waals surface area contributed by atoms with Crippen LogP contribution in [-0.4, -0.2) is 51.3 Å². The van der Waals surface area contributed by atoms with E-state index in [9.17, 15) is 0 Å². The first-order valence-electron chi connectivity index (χ1n) is 12.5. The number of ether oxygens (including phenoxy) is 2. The number of thiophene rings is 1. The van der Waals surface area contributed by atoms with Gasteiger partial charge in [-0.15, -0.1) is 11.3 Å². The smallest absolute Gasteiger partial charge is 0.164 e. The van der Waals surface area contributed by atoms with E-state index in [2.05, 4.69) is 46.8 Å². The highest BCUT2D eigenvalue weighted by molar-refractivity contribution is 7.09. The molecule has 1 atom stereocenters. The molecule has 0 aliphatic heterocycles. The van der Waals surface area contributed by atoms with Crippen LogP contribution in [0.4, 0.5) is 0 Å². The van der Waals surface area contributed by atoms with E-state index in [1.54, 1.807) is 14.2 Å². The van der Waals surface area contributed by atoms with Crippen molar-refractivity contribution in [3.05, 3.63) is 45.6 Å². The lowest BCUT2D eigenvalue weighted by atomic mass is 9.86. The van der Waals surface area contributed by atoms with Crippen LogP contribution in [0.15, 0.2) is 29.6 Å². The van der Waals surface area contributed by atoms with Gasteiger partial charge in [0.15, 0.2) is 11.5 Å². The number of fused-ring (bicyclic) bond motifs is 1. The molecular weight excluding hydrogens is 416 g/mol. The van der Waals surface area contributed by atoms with Gasteiger partial charge in [0.2, 0.25) is 0 Å². The minimum absolute atomic E-state index is 0.652. The van der Waals surface area contributed by atoms with E-state index in [1.165, 1.54) is 67.6 Å². The summed E-state index contributed by atoms with van der Waals surface area (Å²) in [6, 6.07) is 9.34. The number of unbranched alkanes of at least 4 members (excludes halogenated alkanes) is 3. The zero-order valence-electron chi connectivity index (χ0n) is 20.3. The van der Waals surface area contributed by atoms with E-state index in [4.69, 9.17) is 9.47 Å². The first-order valence-corrected chi connectivity index (χ1v) is 13.3. The predicted molar refractivity (Wildman–Crippen MR) is 137 cm³/mol. The summed E-state index contributed by atoms with van der Waals surface area (Å²) < 4.78 is 11.2. The number of hydrogen-bond acceptors (Lipinski definition) is 5. The van der Waals surface area contributed by atoms with Crippen molar-refractivity contribution in [3.8, 4) is 11.5 Å². The fourth-order valence-corrected chi connectivity index (χ4v) is 5.66. The molecule has 32 heavy (non-hydrogen) atoms. The maximum absolute atomic E-state index is 5.68. The molecule has 1 unspecified atom stereocenters. The van der Waals surface area contributed by atoms with Gasteiger partial charge in [-0.25, -0.2) is 0 Å². The Morgan fingerprint density at radius 1 is 1.03 bits per heavy atom. The number of nitrogens with zero attached hydrogens (tertiary/aromatic N) is 1. The summed E-state index contributed by atoms with van der Waals surface area (Å²) in [5.74, 6) is 1.80. The van der Waals surface area contributed by atoms with Gasteiger partial charge in [0.1, 0.15) is 0 Å². The van der Waals surface area contributed by atoms with Crippen LogP contribution in [0.25, 0.3) is 0 Å². The summed E-state index contributed by atoms with van der Waals surface area (Å²) in [6.45, 7) is 6.99. The Bertz CT molecular complexity index is 778. The Morgan fingerprint density at radius 3 is 2.66 bits per heavy atom. The molecule has 1 aromatic heterocycles. The Kier molecular flexibility index (Phi) is 10.9. The lowest BCUT2D eigenvalue weighted by Gasteiger charge is -2.36. The predicted octanol–water partition coefficient (Wildman–Crippen LogP) is 5.73. The largest absolute Gasteiger partial charge is 0.493 e. The van der Waals surface area contributed by atoms with Crippen molar-refractivity contribution in [2.24, 2.45) is 0 Å².